The molecule has 0 radical (unpaired) electrons. The maximum Gasteiger partial charge on any atom is 0.407 e. The Hall–Kier alpha value is -6.71. The molecule has 1 unspecified atom stereocenters. The van der Waals surface area contributed by atoms with Gasteiger partial charge in [0.25, 0.3) is 5.91 Å². The Bertz CT molecular complexity index is 2280. The number of carbonyl (C=O) groups is 5. The number of benzene rings is 3. The molecular formula is C46H55N9O7. The highest BCUT2D eigenvalue weighted by atomic mass is 16.5. The average Bonchev–Trinajstić information content (AvgIpc) is 4.14. The molecule has 0 saturated carbocycles. The molecule has 0 spiro atoms. The molecular weight excluding hydrogens is 791 g/mol. The summed E-state index contributed by atoms with van der Waals surface area (Å²) in [5, 5.41) is 8.95. The van der Waals surface area contributed by atoms with Gasteiger partial charge in [-0.2, -0.15) is 0 Å². The standard InChI is InChI=1S/C46H55N9O7/c1-27(2)38(51-45(59)61-5)43(57)54-22-10-13-36(54)40-47-23-34(49-40)31-18-14-29(15-19-31)30-16-20-32(21-17-30)35-24-48-41(50-35)37-25-53(42(56)33-11-8-7-9-12-33)26-55(37)44(58)39(28(3)4)52-46(60)62-6/h7-9,11-12,14-21,24,27-28,34,36-39H,10,13,22-23,25-26H2,1-6H3,(H,47,49)(H,48,50)(H,51,59)(H,52,60)/t34?,36-,37-,38-,39-/m0/s1. The normalized spacial score (nSPS) is 19.5. The molecule has 2 fully saturated rings. The summed E-state index contributed by atoms with van der Waals surface area (Å²) in [6.45, 7) is 8.87. The fraction of sp³-hybridized carbons (Fsp3) is 0.413. The number of hydrogen-bond acceptors (Lipinski definition) is 10. The summed E-state index contributed by atoms with van der Waals surface area (Å²) in [6.07, 6.45) is 2.04. The highest BCUT2D eigenvalue weighted by Gasteiger charge is 2.43. The molecule has 4 aromatic rings. The average molecular weight is 846 g/mol. The van der Waals surface area contributed by atoms with Gasteiger partial charge in [-0.3, -0.25) is 19.4 Å². The Kier molecular flexibility index (Phi) is 13.2. The molecule has 5 amide bonds. The number of aliphatic imine (C=N–C) groups is 1. The van der Waals surface area contributed by atoms with Crippen LogP contribution in [0.5, 0.6) is 0 Å². The molecule has 1 aromatic heterocycles. The quantitative estimate of drug-likeness (QED) is 0.142. The number of nitrogens with one attached hydrogen (secondary N) is 4. The number of rotatable bonds is 12. The van der Waals surface area contributed by atoms with Crippen LogP contribution in [0.1, 0.15) is 74.4 Å². The van der Waals surface area contributed by atoms with Crippen LogP contribution in [-0.2, 0) is 19.1 Å². The van der Waals surface area contributed by atoms with E-state index in [0.29, 0.717) is 24.5 Å². The lowest BCUT2D eigenvalue weighted by molar-refractivity contribution is -0.136. The van der Waals surface area contributed by atoms with E-state index >= 15 is 0 Å². The summed E-state index contributed by atoms with van der Waals surface area (Å²) < 4.78 is 9.57. The van der Waals surface area contributed by atoms with Gasteiger partial charge >= 0.3 is 12.2 Å². The Morgan fingerprint density at radius 1 is 0.742 bits per heavy atom. The molecule has 326 valence electrons. The highest BCUT2D eigenvalue weighted by molar-refractivity contribution is 5.96. The summed E-state index contributed by atoms with van der Waals surface area (Å²) >= 11 is 0. The number of hydrogen-bond donors (Lipinski definition) is 4. The molecule has 3 aliphatic rings. The third-order valence-electron chi connectivity index (χ3n) is 11.8. The molecule has 7 rings (SSSR count). The molecule has 4 N–H and O–H groups in total. The molecule has 62 heavy (non-hydrogen) atoms. The van der Waals surface area contributed by atoms with Gasteiger partial charge in [0, 0.05) is 12.1 Å². The van der Waals surface area contributed by atoms with Crippen LogP contribution in [0.15, 0.2) is 90.1 Å². The van der Waals surface area contributed by atoms with Gasteiger partial charge in [0.15, 0.2) is 0 Å². The number of ether oxygens (including phenoxy) is 2. The lowest BCUT2D eigenvalue weighted by Crippen LogP contribution is -2.54. The van der Waals surface area contributed by atoms with Crippen molar-refractivity contribution in [2.24, 2.45) is 16.8 Å². The van der Waals surface area contributed by atoms with E-state index in [1.165, 1.54) is 14.2 Å². The van der Waals surface area contributed by atoms with Crippen molar-refractivity contribution in [3.63, 3.8) is 0 Å². The Balaban J connectivity index is 1.02. The van der Waals surface area contributed by atoms with Gasteiger partial charge in [0.05, 0.1) is 58.0 Å². The molecule has 4 heterocycles. The van der Waals surface area contributed by atoms with Crippen molar-refractivity contribution in [3.05, 3.63) is 102 Å². The van der Waals surface area contributed by atoms with Crippen molar-refractivity contribution in [1.29, 1.82) is 0 Å². The second-order valence-electron chi connectivity index (χ2n) is 16.6. The van der Waals surface area contributed by atoms with Gasteiger partial charge in [0.2, 0.25) is 11.8 Å². The fourth-order valence-electron chi connectivity index (χ4n) is 8.34. The predicted molar refractivity (Wildman–Crippen MR) is 233 cm³/mol. The van der Waals surface area contributed by atoms with E-state index in [4.69, 9.17) is 19.5 Å². The summed E-state index contributed by atoms with van der Waals surface area (Å²) in [6, 6.07) is 23.0. The number of carbonyl (C=O) groups excluding carboxylic acids is 5. The summed E-state index contributed by atoms with van der Waals surface area (Å²) in [5.41, 5.74) is 5.30. The second-order valence-corrected chi connectivity index (χ2v) is 16.6. The number of aromatic nitrogens is 2. The number of amides is 5. The number of imidazole rings is 1. The van der Waals surface area contributed by atoms with Crippen LogP contribution in [0, 0.1) is 11.8 Å². The number of alkyl carbamates (subject to hydrolysis) is 2. The SMILES string of the molecule is COC(=O)N[C@H](C(=O)N1CCC[C@H]1C1=NCC(c2ccc(-c3ccc(-c4cnc([C@@H]5CN(C(=O)c6ccccc6)CN5C(=O)[C@@H](NC(=O)OC)C(C)C)[nH]4)cc3)cc2)N1)C(C)C. The van der Waals surface area contributed by atoms with E-state index in [2.05, 4.69) is 45.2 Å². The van der Waals surface area contributed by atoms with E-state index in [1.807, 2.05) is 62.9 Å². The smallest absolute Gasteiger partial charge is 0.407 e. The maximum absolute atomic E-state index is 14.1. The van der Waals surface area contributed by atoms with Crippen LogP contribution in [-0.4, -0.2) is 119 Å². The van der Waals surface area contributed by atoms with Crippen LogP contribution in [0.4, 0.5) is 9.59 Å². The van der Waals surface area contributed by atoms with Gasteiger partial charge in [-0.1, -0.05) is 94.4 Å². The number of H-pyrrole nitrogens is 1. The minimum Gasteiger partial charge on any atom is -0.453 e. The van der Waals surface area contributed by atoms with Gasteiger partial charge < -0.3 is 45.1 Å². The first-order valence-electron chi connectivity index (χ1n) is 21.1. The molecule has 5 atom stereocenters. The van der Waals surface area contributed by atoms with Crippen molar-refractivity contribution in [2.75, 3.05) is 40.5 Å². The molecule has 16 heteroatoms. The topological polar surface area (TPSA) is 191 Å². The van der Waals surface area contributed by atoms with E-state index in [1.54, 1.807) is 40.3 Å². The summed E-state index contributed by atoms with van der Waals surface area (Å²) in [4.78, 5) is 83.4. The monoisotopic (exact) mass is 845 g/mol. The van der Waals surface area contributed by atoms with Gasteiger partial charge in [-0.05, 0) is 59.1 Å². The third-order valence-corrected chi connectivity index (χ3v) is 11.8. The predicted octanol–water partition coefficient (Wildman–Crippen LogP) is 5.52. The first-order chi connectivity index (χ1) is 29.9. The minimum absolute atomic E-state index is 0.0223. The molecule has 3 aliphatic heterocycles. The first-order valence-corrected chi connectivity index (χ1v) is 21.1. The van der Waals surface area contributed by atoms with Crippen LogP contribution < -0.4 is 16.0 Å². The number of aromatic amines is 1. The number of amidine groups is 1. The fourth-order valence-corrected chi connectivity index (χ4v) is 8.34. The lowest BCUT2D eigenvalue weighted by atomic mass is 9.99. The van der Waals surface area contributed by atoms with Gasteiger partial charge in [-0.15, -0.1) is 0 Å². The molecule has 0 aliphatic carbocycles. The summed E-state index contributed by atoms with van der Waals surface area (Å²) in [5.74, 6) is 0.267. The first kappa shape index (κ1) is 43.4. The van der Waals surface area contributed by atoms with E-state index in [0.717, 1.165) is 46.6 Å². The molecule has 2 saturated heterocycles. The molecule has 0 bridgehead atoms. The Labute approximate surface area is 361 Å². The van der Waals surface area contributed by atoms with Crippen molar-refractivity contribution >= 4 is 35.7 Å². The van der Waals surface area contributed by atoms with Crippen molar-refractivity contribution in [2.45, 2.75) is 70.7 Å². The second kappa shape index (κ2) is 18.9. The van der Waals surface area contributed by atoms with Gasteiger partial charge in [-0.25, -0.2) is 14.6 Å². The number of nitrogens with zero attached hydrogens (tertiary/aromatic N) is 5. The van der Waals surface area contributed by atoms with E-state index in [-0.39, 0.29) is 54.9 Å². The summed E-state index contributed by atoms with van der Waals surface area (Å²) in [7, 11) is 2.54. The maximum atomic E-state index is 14.1. The highest BCUT2D eigenvalue weighted by Crippen LogP contribution is 2.32. The van der Waals surface area contributed by atoms with Crippen molar-refractivity contribution in [3.8, 4) is 22.4 Å². The van der Waals surface area contributed by atoms with Crippen LogP contribution in [0.25, 0.3) is 22.4 Å². The van der Waals surface area contributed by atoms with Crippen LogP contribution in [0.2, 0.25) is 0 Å². The van der Waals surface area contributed by atoms with E-state index in [9.17, 15) is 24.0 Å². The zero-order chi connectivity index (χ0) is 44.1. The van der Waals surface area contributed by atoms with Crippen LogP contribution in [0.3, 0.4) is 0 Å². The molecule has 16 nitrogen and oxygen atoms in total. The van der Waals surface area contributed by atoms with Crippen molar-refractivity contribution < 1.29 is 33.4 Å². The van der Waals surface area contributed by atoms with Gasteiger partial charge in [0.1, 0.15) is 29.8 Å². The Morgan fingerprint density at radius 3 is 1.92 bits per heavy atom. The van der Waals surface area contributed by atoms with Crippen molar-refractivity contribution in [1.82, 2.24) is 40.6 Å². The Morgan fingerprint density at radius 2 is 1.32 bits per heavy atom. The largest absolute Gasteiger partial charge is 0.453 e. The third kappa shape index (κ3) is 9.28. The number of likely N-dealkylation sites (tertiary alicyclic amines) is 1. The number of methoxy groups -OCH3 is 2. The molecule has 3 aromatic carbocycles. The zero-order valence-electron chi connectivity index (χ0n) is 36.0. The van der Waals surface area contributed by atoms with Crippen LogP contribution >= 0.6 is 0 Å². The van der Waals surface area contributed by atoms with E-state index < -0.39 is 30.3 Å². The minimum atomic E-state index is -0.880. The lowest BCUT2D eigenvalue weighted by Gasteiger charge is -2.31. The zero-order valence-corrected chi connectivity index (χ0v) is 36.0.